The summed E-state index contributed by atoms with van der Waals surface area (Å²) in [4.78, 5) is 28.2. The molecular formula is C24H29N5O5S. The maximum Gasteiger partial charge on any atom is 0.241 e. The molecule has 3 N–H and O–H groups in total. The first-order chi connectivity index (χ1) is 16.7. The third-order valence-corrected chi connectivity index (χ3v) is 7.78. The van der Waals surface area contributed by atoms with Crippen LogP contribution in [-0.2, 0) is 19.6 Å². The Kier molecular flexibility index (Phi) is 7.18. The van der Waals surface area contributed by atoms with E-state index in [2.05, 4.69) is 25.5 Å². The van der Waals surface area contributed by atoms with E-state index in [9.17, 15) is 18.0 Å². The number of rotatable bonds is 8. The molecule has 4 rings (SSSR count). The lowest BCUT2D eigenvalue weighted by Crippen LogP contribution is -2.45. The van der Waals surface area contributed by atoms with Gasteiger partial charge >= 0.3 is 0 Å². The summed E-state index contributed by atoms with van der Waals surface area (Å²) < 4.78 is 35.3. The molecule has 2 atom stereocenters. The number of aryl methyl sites for hydroxylation is 2. The van der Waals surface area contributed by atoms with Gasteiger partial charge in [-0.25, -0.2) is 13.1 Å². The number of aromatic nitrogens is 2. The minimum atomic E-state index is -3.99. The standard InChI is InChI=1S/C24H29N5O5S/c1-14-23(15(2)34-28-14)17-12-21-18(7-5-9-26-21)22(13-17)35(32,33)29-20-8-4-6-19(20)24(31)27-11-10-25-16(3)30/h5,7,9,12-13,19-20,29H,4,6,8,10-11H2,1-3H3,(H,25,30)(H,27,31)/t19?,20-/m1/s1. The largest absolute Gasteiger partial charge is 0.361 e. The SMILES string of the molecule is CC(=O)NCCNC(=O)C1CCC[C@H]1NS(=O)(=O)c1cc(-c2c(C)noc2C)cc2ncccc12. The molecule has 10 nitrogen and oxygen atoms in total. The van der Waals surface area contributed by atoms with E-state index in [-0.39, 0.29) is 23.3 Å². The summed E-state index contributed by atoms with van der Waals surface area (Å²) in [5.74, 6) is -0.305. The van der Waals surface area contributed by atoms with E-state index >= 15 is 0 Å². The molecule has 1 aliphatic rings. The lowest BCUT2D eigenvalue weighted by molar-refractivity contribution is -0.125. The van der Waals surface area contributed by atoms with Gasteiger partial charge in [0.25, 0.3) is 0 Å². The molecule has 186 valence electrons. The van der Waals surface area contributed by atoms with Crippen LogP contribution in [0.25, 0.3) is 22.0 Å². The molecule has 0 aliphatic heterocycles. The number of amides is 2. The Bertz CT molecular complexity index is 1350. The van der Waals surface area contributed by atoms with Gasteiger partial charge in [-0.3, -0.25) is 14.6 Å². The van der Waals surface area contributed by atoms with E-state index in [4.69, 9.17) is 4.52 Å². The van der Waals surface area contributed by atoms with E-state index < -0.39 is 22.0 Å². The highest BCUT2D eigenvalue weighted by Crippen LogP contribution is 2.34. The van der Waals surface area contributed by atoms with Gasteiger partial charge in [-0.05, 0) is 56.5 Å². The average Bonchev–Trinajstić information content (AvgIpc) is 3.41. The van der Waals surface area contributed by atoms with Crippen molar-refractivity contribution in [3.05, 3.63) is 41.9 Å². The third kappa shape index (κ3) is 5.35. The molecule has 0 radical (unpaired) electrons. The Labute approximate surface area is 203 Å². The minimum Gasteiger partial charge on any atom is -0.361 e. The quantitative estimate of drug-likeness (QED) is 0.403. The van der Waals surface area contributed by atoms with Crippen LogP contribution in [-0.4, -0.2) is 49.5 Å². The zero-order valence-corrected chi connectivity index (χ0v) is 20.7. The van der Waals surface area contributed by atoms with Crippen LogP contribution in [0.3, 0.4) is 0 Å². The number of hydrogen-bond acceptors (Lipinski definition) is 7. The molecular weight excluding hydrogens is 470 g/mol. The van der Waals surface area contributed by atoms with Crippen LogP contribution in [0.2, 0.25) is 0 Å². The van der Waals surface area contributed by atoms with Gasteiger partial charge in [0.15, 0.2) is 0 Å². The van der Waals surface area contributed by atoms with Crippen molar-refractivity contribution in [3.63, 3.8) is 0 Å². The smallest absolute Gasteiger partial charge is 0.241 e. The van der Waals surface area contributed by atoms with Crippen LogP contribution >= 0.6 is 0 Å². The summed E-state index contributed by atoms with van der Waals surface area (Å²) in [6.45, 7) is 5.58. The fourth-order valence-corrected chi connectivity index (χ4v) is 6.20. The summed E-state index contributed by atoms with van der Waals surface area (Å²) in [7, 11) is -3.99. The number of fused-ring (bicyclic) bond motifs is 1. The predicted molar refractivity (Wildman–Crippen MR) is 130 cm³/mol. The number of sulfonamides is 1. The van der Waals surface area contributed by atoms with Gasteiger partial charge in [0.05, 0.1) is 22.0 Å². The fraction of sp³-hybridized carbons (Fsp3) is 0.417. The number of benzene rings is 1. The molecule has 2 heterocycles. The maximum absolute atomic E-state index is 13.6. The highest BCUT2D eigenvalue weighted by atomic mass is 32.2. The molecule has 0 bridgehead atoms. The minimum absolute atomic E-state index is 0.0924. The van der Waals surface area contributed by atoms with Gasteiger partial charge in [0.1, 0.15) is 5.76 Å². The van der Waals surface area contributed by atoms with Crippen LogP contribution in [0.1, 0.15) is 37.6 Å². The van der Waals surface area contributed by atoms with E-state index in [1.54, 1.807) is 38.2 Å². The van der Waals surface area contributed by atoms with Crippen molar-refractivity contribution in [2.24, 2.45) is 5.92 Å². The number of carbonyl (C=O) groups is 2. The maximum atomic E-state index is 13.6. The molecule has 11 heteroatoms. The Hall–Kier alpha value is -3.31. The fourth-order valence-electron chi connectivity index (χ4n) is 4.64. The predicted octanol–water partition coefficient (Wildman–Crippen LogP) is 2.21. The topological polar surface area (TPSA) is 143 Å². The molecule has 1 saturated carbocycles. The molecule has 2 amide bonds. The summed E-state index contributed by atoms with van der Waals surface area (Å²) in [6.07, 6.45) is 3.49. The van der Waals surface area contributed by atoms with Crippen molar-refractivity contribution in [2.75, 3.05) is 13.1 Å². The summed E-state index contributed by atoms with van der Waals surface area (Å²) in [6, 6.07) is 6.31. The molecule has 0 spiro atoms. The van der Waals surface area contributed by atoms with Gasteiger partial charge in [-0.1, -0.05) is 11.6 Å². The molecule has 35 heavy (non-hydrogen) atoms. The lowest BCUT2D eigenvalue weighted by Gasteiger charge is -2.21. The van der Waals surface area contributed by atoms with Gasteiger partial charge in [-0.15, -0.1) is 0 Å². The highest BCUT2D eigenvalue weighted by molar-refractivity contribution is 7.89. The summed E-state index contributed by atoms with van der Waals surface area (Å²) >= 11 is 0. The number of nitrogens with zero attached hydrogens (tertiary/aromatic N) is 2. The molecule has 1 aliphatic carbocycles. The molecule has 1 aromatic carbocycles. The van der Waals surface area contributed by atoms with Crippen molar-refractivity contribution in [3.8, 4) is 11.1 Å². The molecule has 0 saturated heterocycles. The highest BCUT2D eigenvalue weighted by Gasteiger charge is 2.36. The first-order valence-corrected chi connectivity index (χ1v) is 13.0. The zero-order chi connectivity index (χ0) is 25.2. The van der Waals surface area contributed by atoms with Crippen molar-refractivity contribution < 1.29 is 22.5 Å². The van der Waals surface area contributed by atoms with Crippen LogP contribution < -0.4 is 15.4 Å². The first kappa shape index (κ1) is 24.8. The van der Waals surface area contributed by atoms with Crippen LogP contribution in [0.4, 0.5) is 0 Å². The number of hydrogen-bond donors (Lipinski definition) is 3. The Morgan fingerprint density at radius 3 is 2.63 bits per heavy atom. The molecule has 3 aromatic rings. The third-order valence-electron chi connectivity index (χ3n) is 6.25. The second-order valence-corrected chi connectivity index (χ2v) is 10.5. The van der Waals surface area contributed by atoms with Crippen LogP contribution in [0.5, 0.6) is 0 Å². The molecule has 1 fully saturated rings. The van der Waals surface area contributed by atoms with Gasteiger partial charge in [0.2, 0.25) is 21.8 Å². The van der Waals surface area contributed by atoms with Gasteiger partial charge < -0.3 is 15.2 Å². The van der Waals surface area contributed by atoms with Crippen LogP contribution in [0.15, 0.2) is 39.9 Å². The summed E-state index contributed by atoms with van der Waals surface area (Å²) in [5, 5.41) is 9.89. The Morgan fingerprint density at radius 1 is 1.14 bits per heavy atom. The molecule has 1 unspecified atom stereocenters. The number of nitrogens with one attached hydrogen (secondary N) is 3. The van der Waals surface area contributed by atoms with E-state index in [0.29, 0.717) is 47.3 Å². The summed E-state index contributed by atoms with van der Waals surface area (Å²) in [5.41, 5.74) is 2.56. The van der Waals surface area contributed by atoms with Gasteiger partial charge in [0, 0.05) is 43.2 Å². The van der Waals surface area contributed by atoms with E-state index in [0.717, 1.165) is 12.0 Å². The average molecular weight is 500 g/mol. The van der Waals surface area contributed by atoms with E-state index in [1.165, 1.54) is 6.92 Å². The van der Waals surface area contributed by atoms with Crippen molar-refractivity contribution in [1.29, 1.82) is 0 Å². The molecule has 2 aromatic heterocycles. The zero-order valence-electron chi connectivity index (χ0n) is 19.9. The number of pyridine rings is 1. The monoisotopic (exact) mass is 499 g/mol. The van der Waals surface area contributed by atoms with Crippen molar-refractivity contribution >= 4 is 32.7 Å². The van der Waals surface area contributed by atoms with E-state index in [1.807, 2.05) is 6.07 Å². The first-order valence-electron chi connectivity index (χ1n) is 11.5. The van der Waals surface area contributed by atoms with Crippen molar-refractivity contribution in [1.82, 2.24) is 25.5 Å². The second-order valence-electron chi connectivity index (χ2n) is 8.78. The lowest BCUT2D eigenvalue weighted by atomic mass is 10.0. The Balaban J connectivity index is 1.62. The van der Waals surface area contributed by atoms with Crippen molar-refractivity contribution in [2.45, 2.75) is 51.0 Å². The number of carbonyl (C=O) groups excluding carboxylic acids is 2. The second kappa shape index (κ2) is 10.1. The Morgan fingerprint density at radius 2 is 1.91 bits per heavy atom. The van der Waals surface area contributed by atoms with Gasteiger partial charge in [-0.2, -0.15) is 0 Å². The van der Waals surface area contributed by atoms with Crippen LogP contribution in [0, 0.1) is 19.8 Å². The normalized spacial score (nSPS) is 18.0.